The zero-order valence-electron chi connectivity index (χ0n) is 10.7. The fraction of sp³-hybridized carbons (Fsp3) is 1.00. The Balaban J connectivity index is 1.74. The van der Waals surface area contributed by atoms with Crippen LogP contribution in [-0.4, -0.2) is 49.3 Å². The number of nitrogens with one attached hydrogen (secondary N) is 1. The first-order valence-corrected chi connectivity index (χ1v) is 6.88. The molecule has 0 radical (unpaired) electrons. The first kappa shape index (κ1) is 12.3. The Bertz CT molecular complexity index is 204. The Labute approximate surface area is 99.5 Å². The number of hydrogen-bond donors (Lipinski definition) is 1. The summed E-state index contributed by atoms with van der Waals surface area (Å²) in [6.07, 6.45) is 5.32. The number of morpholine rings is 1. The van der Waals surface area contributed by atoms with Gasteiger partial charge < -0.3 is 10.1 Å². The van der Waals surface area contributed by atoms with Gasteiger partial charge in [0.2, 0.25) is 0 Å². The highest BCUT2D eigenvalue weighted by atomic mass is 16.5. The van der Waals surface area contributed by atoms with Crippen molar-refractivity contribution in [1.29, 1.82) is 0 Å². The summed E-state index contributed by atoms with van der Waals surface area (Å²) < 4.78 is 5.50. The van der Waals surface area contributed by atoms with Crippen LogP contribution in [0.15, 0.2) is 0 Å². The highest BCUT2D eigenvalue weighted by molar-refractivity contribution is 4.85. The molecule has 0 amide bonds. The summed E-state index contributed by atoms with van der Waals surface area (Å²) in [5.74, 6) is 0. The Morgan fingerprint density at radius 3 is 2.94 bits per heavy atom. The van der Waals surface area contributed by atoms with Crippen LogP contribution in [-0.2, 0) is 4.74 Å². The zero-order valence-corrected chi connectivity index (χ0v) is 10.7. The van der Waals surface area contributed by atoms with Crippen molar-refractivity contribution < 1.29 is 4.74 Å². The molecule has 0 saturated carbocycles. The Morgan fingerprint density at radius 2 is 2.25 bits per heavy atom. The van der Waals surface area contributed by atoms with Crippen molar-refractivity contribution >= 4 is 0 Å². The lowest BCUT2D eigenvalue weighted by Gasteiger charge is -2.31. The zero-order chi connectivity index (χ0) is 11.4. The molecule has 94 valence electrons. The number of rotatable bonds is 4. The van der Waals surface area contributed by atoms with E-state index in [2.05, 4.69) is 24.1 Å². The molecule has 2 fully saturated rings. The minimum absolute atomic E-state index is 0.582. The summed E-state index contributed by atoms with van der Waals surface area (Å²) >= 11 is 0. The molecular weight excluding hydrogens is 200 g/mol. The van der Waals surface area contributed by atoms with Gasteiger partial charge in [0.25, 0.3) is 0 Å². The van der Waals surface area contributed by atoms with E-state index in [9.17, 15) is 0 Å². The van der Waals surface area contributed by atoms with Gasteiger partial charge in [-0.3, -0.25) is 4.90 Å². The van der Waals surface area contributed by atoms with Crippen molar-refractivity contribution in [3.63, 3.8) is 0 Å². The summed E-state index contributed by atoms with van der Waals surface area (Å²) in [7, 11) is 0. The van der Waals surface area contributed by atoms with Gasteiger partial charge in [-0.25, -0.2) is 0 Å². The largest absolute Gasteiger partial charge is 0.379 e. The molecule has 2 saturated heterocycles. The third kappa shape index (κ3) is 2.96. The van der Waals surface area contributed by atoms with Crippen LogP contribution >= 0.6 is 0 Å². The van der Waals surface area contributed by atoms with Gasteiger partial charge in [0, 0.05) is 31.2 Å². The molecule has 2 aliphatic heterocycles. The predicted octanol–water partition coefficient (Wildman–Crippen LogP) is 1.63. The molecule has 0 aromatic carbocycles. The fourth-order valence-electron chi connectivity index (χ4n) is 3.08. The molecule has 0 aromatic heterocycles. The van der Waals surface area contributed by atoms with Crippen LogP contribution in [0.2, 0.25) is 0 Å². The van der Waals surface area contributed by atoms with Gasteiger partial charge in [0.1, 0.15) is 0 Å². The van der Waals surface area contributed by atoms with E-state index in [4.69, 9.17) is 4.74 Å². The monoisotopic (exact) mass is 226 g/mol. The average Bonchev–Trinajstić information content (AvgIpc) is 2.69. The van der Waals surface area contributed by atoms with E-state index < -0.39 is 0 Å². The molecule has 2 heterocycles. The van der Waals surface area contributed by atoms with E-state index in [0.29, 0.717) is 6.04 Å². The first-order valence-electron chi connectivity index (χ1n) is 6.88. The topological polar surface area (TPSA) is 24.5 Å². The van der Waals surface area contributed by atoms with Crippen LogP contribution in [0, 0.1) is 0 Å². The highest BCUT2D eigenvalue weighted by Crippen LogP contribution is 2.26. The lowest BCUT2D eigenvalue weighted by molar-refractivity contribution is 0.0670. The standard InChI is InChI=1S/C13H26N2O/c1-3-13-5-4-11(2)15(13)8-6-12-10-16-9-7-14-12/h11-14H,3-10H2,1-2H3. The maximum absolute atomic E-state index is 5.50. The van der Waals surface area contributed by atoms with Gasteiger partial charge in [0.15, 0.2) is 0 Å². The molecule has 2 aliphatic rings. The molecule has 0 aromatic rings. The summed E-state index contributed by atoms with van der Waals surface area (Å²) in [5, 5.41) is 3.54. The Hall–Kier alpha value is -0.120. The van der Waals surface area contributed by atoms with E-state index in [1.54, 1.807) is 0 Å². The van der Waals surface area contributed by atoms with Gasteiger partial charge in [-0.1, -0.05) is 6.92 Å². The molecule has 0 bridgehead atoms. The number of nitrogens with zero attached hydrogens (tertiary/aromatic N) is 1. The molecule has 3 atom stereocenters. The molecule has 1 N–H and O–H groups in total. The molecule has 0 spiro atoms. The van der Waals surface area contributed by atoms with Crippen molar-refractivity contribution in [2.45, 2.75) is 57.7 Å². The minimum Gasteiger partial charge on any atom is -0.379 e. The van der Waals surface area contributed by atoms with Crippen LogP contribution in [0.4, 0.5) is 0 Å². The summed E-state index contributed by atoms with van der Waals surface area (Å²) in [5.41, 5.74) is 0. The average molecular weight is 226 g/mol. The van der Waals surface area contributed by atoms with Crippen LogP contribution in [0.1, 0.15) is 39.5 Å². The maximum Gasteiger partial charge on any atom is 0.0620 e. The van der Waals surface area contributed by atoms with E-state index >= 15 is 0 Å². The van der Waals surface area contributed by atoms with Crippen LogP contribution in [0.5, 0.6) is 0 Å². The van der Waals surface area contributed by atoms with Crippen molar-refractivity contribution in [3.8, 4) is 0 Å². The normalized spacial score (nSPS) is 36.8. The smallest absolute Gasteiger partial charge is 0.0620 e. The SMILES string of the molecule is CCC1CCC(C)N1CCC1COCCN1. The third-order valence-electron chi connectivity index (χ3n) is 4.16. The van der Waals surface area contributed by atoms with Gasteiger partial charge in [0.05, 0.1) is 13.2 Å². The summed E-state index contributed by atoms with van der Waals surface area (Å²) in [6.45, 7) is 8.74. The lowest BCUT2D eigenvalue weighted by atomic mass is 10.1. The molecule has 16 heavy (non-hydrogen) atoms. The second-order valence-electron chi connectivity index (χ2n) is 5.24. The first-order chi connectivity index (χ1) is 7.81. The molecule has 0 aliphatic carbocycles. The van der Waals surface area contributed by atoms with Gasteiger partial charge in [-0.05, 0) is 32.6 Å². The minimum atomic E-state index is 0.582. The Kier molecular flexibility index (Phi) is 4.62. The predicted molar refractivity (Wildman–Crippen MR) is 66.7 cm³/mol. The third-order valence-corrected chi connectivity index (χ3v) is 4.16. The lowest BCUT2D eigenvalue weighted by Crippen LogP contribution is -2.44. The van der Waals surface area contributed by atoms with Gasteiger partial charge in [-0.15, -0.1) is 0 Å². The second kappa shape index (κ2) is 5.99. The van der Waals surface area contributed by atoms with Crippen LogP contribution in [0.3, 0.4) is 0 Å². The fourth-order valence-corrected chi connectivity index (χ4v) is 3.08. The quantitative estimate of drug-likeness (QED) is 0.788. The maximum atomic E-state index is 5.50. The van der Waals surface area contributed by atoms with Crippen molar-refractivity contribution in [2.24, 2.45) is 0 Å². The van der Waals surface area contributed by atoms with Crippen molar-refractivity contribution in [3.05, 3.63) is 0 Å². The molecule has 2 rings (SSSR count). The van der Waals surface area contributed by atoms with Crippen molar-refractivity contribution in [2.75, 3.05) is 26.3 Å². The van der Waals surface area contributed by atoms with E-state index in [1.807, 2.05) is 0 Å². The van der Waals surface area contributed by atoms with Gasteiger partial charge >= 0.3 is 0 Å². The number of ether oxygens (including phenoxy) is 1. The molecule has 3 nitrogen and oxygen atoms in total. The molecule has 3 unspecified atom stereocenters. The highest BCUT2D eigenvalue weighted by Gasteiger charge is 2.29. The van der Waals surface area contributed by atoms with Gasteiger partial charge in [-0.2, -0.15) is 0 Å². The number of likely N-dealkylation sites (tertiary alicyclic amines) is 1. The Morgan fingerprint density at radius 1 is 1.38 bits per heavy atom. The van der Waals surface area contributed by atoms with E-state index in [-0.39, 0.29) is 0 Å². The van der Waals surface area contributed by atoms with E-state index in [1.165, 1.54) is 32.2 Å². The molecular formula is C13H26N2O. The number of hydrogen-bond acceptors (Lipinski definition) is 3. The van der Waals surface area contributed by atoms with E-state index in [0.717, 1.165) is 31.8 Å². The van der Waals surface area contributed by atoms with Crippen molar-refractivity contribution in [1.82, 2.24) is 10.2 Å². The second-order valence-corrected chi connectivity index (χ2v) is 5.24. The molecule has 3 heteroatoms. The summed E-state index contributed by atoms with van der Waals surface area (Å²) in [4.78, 5) is 2.70. The summed E-state index contributed by atoms with van der Waals surface area (Å²) in [6, 6.07) is 2.20. The van der Waals surface area contributed by atoms with Crippen LogP contribution in [0.25, 0.3) is 0 Å². The van der Waals surface area contributed by atoms with Crippen LogP contribution < -0.4 is 5.32 Å².